The van der Waals surface area contributed by atoms with Crippen molar-refractivity contribution >= 4 is 52.8 Å². The van der Waals surface area contributed by atoms with Gasteiger partial charge < -0.3 is 24.3 Å². The van der Waals surface area contributed by atoms with E-state index in [2.05, 4.69) is 5.32 Å². The molecule has 0 heterocycles. The summed E-state index contributed by atoms with van der Waals surface area (Å²) in [6.07, 6.45) is 5.67. The number of rotatable bonds is 13. The molecule has 42 heavy (non-hydrogen) atoms. The lowest BCUT2D eigenvalue weighted by Gasteiger charge is -2.25. The van der Waals surface area contributed by atoms with Gasteiger partial charge in [-0.05, 0) is 65.2 Å². The predicted octanol–water partition coefficient (Wildman–Crippen LogP) is 6.39. The van der Waals surface area contributed by atoms with Gasteiger partial charge in [-0.3, -0.25) is 14.4 Å². The molecule has 0 saturated carbocycles. The highest BCUT2D eigenvalue weighted by Gasteiger charge is 2.35. The highest BCUT2D eigenvalue weighted by Crippen LogP contribution is 2.34. The molecule has 8 nitrogen and oxygen atoms in total. The number of halogens is 2. The maximum atomic E-state index is 13.8. The second kappa shape index (κ2) is 15.1. The summed E-state index contributed by atoms with van der Waals surface area (Å²) in [4.78, 5) is 39.8. The van der Waals surface area contributed by atoms with Gasteiger partial charge in [0.25, 0.3) is 0 Å². The van der Waals surface area contributed by atoms with Gasteiger partial charge in [-0.25, -0.2) is 0 Å². The maximum absolute atomic E-state index is 13.8. The van der Waals surface area contributed by atoms with Crippen LogP contribution in [-0.4, -0.2) is 45.9 Å². The first-order valence-corrected chi connectivity index (χ1v) is 13.5. The van der Waals surface area contributed by atoms with Crippen LogP contribution in [0.25, 0.3) is 12.2 Å². The molecule has 0 aromatic heterocycles. The molecule has 0 aliphatic carbocycles. The molecule has 1 amide bonds. The van der Waals surface area contributed by atoms with Crippen molar-refractivity contribution in [2.24, 2.45) is 5.92 Å². The standard InChI is InChI=1S/C32H31Cl2NO7/c1-19(36)35-32(23-11-10-22(33)18-24(23)34)31(25(37)12-6-20-8-14-27(39-2)29(16-20)41-4)26(38)13-7-21-9-15-28(40-3)30(17-21)42-5/h6-18,31-32H,1-5H3,(H,35,36). The minimum Gasteiger partial charge on any atom is -0.493 e. The number of carbonyl (C=O) groups is 3. The van der Waals surface area contributed by atoms with Gasteiger partial charge >= 0.3 is 0 Å². The first-order chi connectivity index (χ1) is 20.1. The van der Waals surface area contributed by atoms with Crippen molar-refractivity contribution in [2.45, 2.75) is 13.0 Å². The molecule has 1 atom stereocenters. The molecule has 0 fully saturated rings. The summed E-state index contributed by atoms with van der Waals surface area (Å²) >= 11 is 12.6. The lowest BCUT2D eigenvalue weighted by Crippen LogP contribution is -2.39. The van der Waals surface area contributed by atoms with E-state index in [1.165, 1.54) is 53.6 Å². The van der Waals surface area contributed by atoms with Crippen LogP contribution in [0.3, 0.4) is 0 Å². The Kier molecular flexibility index (Phi) is 11.6. The Labute approximate surface area is 254 Å². The number of ether oxygens (including phenoxy) is 4. The van der Waals surface area contributed by atoms with Gasteiger partial charge in [-0.2, -0.15) is 0 Å². The van der Waals surface area contributed by atoms with Crippen molar-refractivity contribution < 1.29 is 33.3 Å². The molecule has 0 radical (unpaired) electrons. The SMILES string of the molecule is COc1ccc(C=CC(=O)C(C(=O)C=Cc2ccc(OC)c(OC)c2)C(NC(C)=O)c2ccc(Cl)cc2Cl)cc1OC. The predicted molar refractivity (Wildman–Crippen MR) is 164 cm³/mol. The van der Waals surface area contributed by atoms with Crippen molar-refractivity contribution in [1.82, 2.24) is 5.32 Å². The number of allylic oxidation sites excluding steroid dienone is 2. The Morgan fingerprint density at radius 3 is 1.57 bits per heavy atom. The summed E-state index contributed by atoms with van der Waals surface area (Å²) < 4.78 is 21.2. The maximum Gasteiger partial charge on any atom is 0.217 e. The van der Waals surface area contributed by atoms with Gasteiger partial charge in [-0.15, -0.1) is 0 Å². The van der Waals surface area contributed by atoms with Gasteiger partial charge in [0, 0.05) is 17.0 Å². The van der Waals surface area contributed by atoms with Gasteiger partial charge in [0.2, 0.25) is 5.91 Å². The van der Waals surface area contributed by atoms with Crippen LogP contribution in [-0.2, 0) is 14.4 Å². The van der Waals surface area contributed by atoms with Crippen LogP contribution in [0, 0.1) is 5.92 Å². The molecule has 3 aromatic carbocycles. The quantitative estimate of drug-likeness (QED) is 0.177. The van der Waals surface area contributed by atoms with E-state index in [4.69, 9.17) is 42.1 Å². The normalized spacial score (nSPS) is 12.5. The molecule has 1 unspecified atom stereocenters. The third-order valence-corrected chi connectivity index (χ3v) is 6.86. The molecule has 1 N–H and O–H groups in total. The zero-order chi connectivity index (χ0) is 30.8. The molecule has 0 saturated heterocycles. The molecule has 0 aliphatic heterocycles. The van der Waals surface area contributed by atoms with Crippen LogP contribution in [0.4, 0.5) is 0 Å². The van der Waals surface area contributed by atoms with Crippen LogP contribution in [0.2, 0.25) is 10.0 Å². The first-order valence-electron chi connectivity index (χ1n) is 12.7. The van der Waals surface area contributed by atoms with Gasteiger partial charge in [0.1, 0.15) is 5.92 Å². The van der Waals surface area contributed by atoms with Crippen LogP contribution in [0.5, 0.6) is 23.0 Å². The molecule has 220 valence electrons. The lowest BCUT2D eigenvalue weighted by molar-refractivity contribution is -0.129. The number of ketones is 2. The van der Waals surface area contributed by atoms with Gasteiger partial charge in [-0.1, -0.05) is 53.6 Å². The average Bonchev–Trinajstić information content (AvgIpc) is 2.98. The van der Waals surface area contributed by atoms with E-state index in [-0.39, 0.29) is 5.02 Å². The molecule has 10 heteroatoms. The van der Waals surface area contributed by atoms with Crippen molar-refractivity contribution in [2.75, 3.05) is 28.4 Å². The summed E-state index contributed by atoms with van der Waals surface area (Å²) in [7, 11) is 6.05. The summed E-state index contributed by atoms with van der Waals surface area (Å²) in [5.41, 5.74) is 1.63. The zero-order valence-corrected chi connectivity index (χ0v) is 25.3. The molecule has 0 aliphatic rings. The van der Waals surface area contributed by atoms with Crippen molar-refractivity contribution in [1.29, 1.82) is 0 Å². The summed E-state index contributed by atoms with van der Waals surface area (Å²) in [6, 6.07) is 13.8. The molecular formula is C32H31Cl2NO7. The summed E-state index contributed by atoms with van der Waals surface area (Å²) in [5, 5.41) is 3.29. The Morgan fingerprint density at radius 2 is 1.17 bits per heavy atom. The molecule has 0 bridgehead atoms. The van der Waals surface area contributed by atoms with Gasteiger partial charge in [0.05, 0.1) is 34.5 Å². The van der Waals surface area contributed by atoms with E-state index in [0.29, 0.717) is 44.7 Å². The van der Waals surface area contributed by atoms with Crippen molar-refractivity contribution in [3.05, 3.63) is 93.5 Å². The fourth-order valence-corrected chi connectivity index (χ4v) is 4.79. The smallest absolute Gasteiger partial charge is 0.217 e. The van der Waals surface area contributed by atoms with E-state index in [1.54, 1.807) is 60.7 Å². The first kappa shape index (κ1) is 32.2. The Hall–Kier alpha value is -4.27. The van der Waals surface area contributed by atoms with Crippen molar-refractivity contribution in [3.8, 4) is 23.0 Å². The van der Waals surface area contributed by atoms with Crippen LogP contribution in [0.1, 0.15) is 29.7 Å². The van der Waals surface area contributed by atoms with E-state index >= 15 is 0 Å². The van der Waals surface area contributed by atoms with Crippen LogP contribution in [0.15, 0.2) is 66.7 Å². The average molecular weight is 613 g/mol. The second-order valence-electron chi connectivity index (χ2n) is 9.02. The highest BCUT2D eigenvalue weighted by atomic mass is 35.5. The highest BCUT2D eigenvalue weighted by molar-refractivity contribution is 6.35. The fourth-order valence-electron chi connectivity index (χ4n) is 4.26. The number of benzene rings is 3. The minimum atomic E-state index is -1.36. The number of nitrogens with one attached hydrogen (secondary N) is 1. The topological polar surface area (TPSA) is 100 Å². The lowest BCUT2D eigenvalue weighted by atomic mass is 9.85. The third-order valence-electron chi connectivity index (χ3n) is 6.30. The third kappa shape index (κ3) is 8.15. The van der Waals surface area contributed by atoms with E-state index in [0.717, 1.165) is 0 Å². The molecular weight excluding hydrogens is 581 g/mol. The number of methoxy groups -OCH3 is 4. The van der Waals surface area contributed by atoms with Crippen LogP contribution >= 0.6 is 23.2 Å². The largest absolute Gasteiger partial charge is 0.493 e. The Balaban J connectivity index is 2.06. The Bertz CT molecular complexity index is 1440. The second-order valence-corrected chi connectivity index (χ2v) is 9.87. The van der Waals surface area contributed by atoms with E-state index in [1.807, 2.05) is 0 Å². The number of carbonyl (C=O) groups excluding carboxylic acids is 3. The van der Waals surface area contributed by atoms with Crippen molar-refractivity contribution in [3.63, 3.8) is 0 Å². The summed E-state index contributed by atoms with van der Waals surface area (Å²) in [5.74, 6) is -0.934. The zero-order valence-electron chi connectivity index (χ0n) is 23.8. The monoisotopic (exact) mass is 611 g/mol. The fraction of sp³-hybridized carbons (Fsp3) is 0.219. The molecule has 0 spiro atoms. The van der Waals surface area contributed by atoms with Gasteiger partial charge in [0.15, 0.2) is 34.6 Å². The minimum absolute atomic E-state index is 0.194. The Morgan fingerprint density at radius 1 is 0.690 bits per heavy atom. The molecule has 3 rings (SSSR count). The van der Waals surface area contributed by atoms with E-state index in [9.17, 15) is 14.4 Å². The molecule has 3 aromatic rings. The summed E-state index contributed by atoms with van der Waals surface area (Å²) in [6.45, 7) is 1.29. The number of hydrogen-bond acceptors (Lipinski definition) is 7. The number of hydrogen-bond donors (Lipinski definition) is 1. The number of amides is 1. The van der Waals surface area contributed by atoms with E-state index < -0.39 is 29.4 Å². The van der Waals surface area contributed by atoms with Crippen LogP contribution < -0.4 is 24.3 Å².